The first-order valence-corrected chi connectivity index (χ1v) is 8.01. The molecule has 0 radical (unpaired) electrons. The van der Waals surface area contributed by atoms with Crippen molar-refractivity contribution in [3.05, 3.63) is 40.3 Å². The number of nitrogens with two attached hydrogens (primary N) is 1. The van der Waals surface area contributed by atoms with Crippen LogP contribution in [0.15, 0.2) is 29.1 Å². The minimum absolute atomic E-state index is 0. The van der Waals surface area contributed by atoms with Crippen molar-refractivity contribution in [2.24, 2.45) is 12.8 Å². The fourth-order valence-electron chi connectivity index (χ4n) is 3.43. The predicted octanol–water partition coefficient (Wildman–Crippen LogP) is 1.29. The van der Waals surface area contributed by atoms with Gasteiger partial charge in [0, 0.05) is 19.0 Å². The van der Waals surface area contributed by atoms with E-state index < -0.39 is 0 Å². The Morgan fingerprint density at radius 1 is 1.29 bits per heavy atom. The number of aromatic nitrogens is 2. The number of halogens is 1. The number of carbonyl (C=O) groups excluding carboxylic acids is 1. The maximum atomic E-state index is 12.5. The third kappa shape index (κ3) is 3.44. The molecule has 0 spiro atoms. The standard InChI is InChI=1S/C17H22N4O2.ClH/c1-21-16(23)13-7-3-2-6-12(13)14(20-21)10-15(22)19-17(11-18)8-4-5-9-17;/h2-3,6-7H,4-5,8-11,18H2,1H3,(H,19,22);1H. The van der Waals surface area contributed by atoms with Gasteiger partial charge < -0.3 is 11.1 Å². The number of hydrogen-bond acceptors (Lipinski definition) is 4. The Kier molecular flexibility index (Phi) is 5.62. The van der Waals surface area contributed by atoms with Crippen molar-refractivity contribution in [1.82, 2.24) is 15.1 Å². The highest BCUT2D eigenvalue weighted by Gasteiger charge is 2.33. The van der Waals surface area contributed by atoms with E-state index in [9.17, 15) is 9.59 Å². The lowest BCUT2D eigenvalue weighted by atomic mass is 9.97. The molecule has 1 fully saturated rings. The summed E-state index contributed by atoms with van der Waals surface area (Å²) < 4.78 is 1.29. The third-order valence-corrected chi connectivity index (χ3v) is 4.72. The molecule has 1 aliphatic rings. The summed E-state index contributed by atoms with van der Waals surface area (Å²) in [6.45, 7) is 0.459. The number of benzene rings is 1. The van der Waals surface area contributed by atoms with Crippen molar-refractivity contribution in [2.45, 2.75) is 37.6 Å². The monoisotopic (exact) mass is 350 g/mol. The molecular weight excluding hydrogens is 328 g/mol. The average molecular weight is 351 g/mol. The average Bonchev–Trinajstić information content (AvgIpc) is 3.01. The smallest absolute Gasteiger partial charge is 0.274 e. The Bertz CT molecular complexity index is 797. The first kappa shape index (κ1) is 18.4. The van der Waals surface area contributed by atoms with Crippen molar-refractivity contribution in [1.29, 1.82) is 0 Å². The molecule has 1 saturated carbocycles. The Balaban J connectivity index is 0.00000208. The molecule has 3 rings (SSSR count). The number of carbonyl (C=O) groups is 1. The molecular formula is C17H23ClN4O2. The second-order valence-corrected chi connectivity index (χ2v) is 6.34. The largest absolute Gasteiger partial charge is 0.349 e. The summed E-state index contributed by atoms with van der Waals surface area (Å²) in [6.07, 6.45) is 4.20. The second-order valence-electron chi connectivity index (χ2n) is 6.34. The molecule has 3 N–H and O–H groups in total. The minimum Gasteiger partial charge on any atom is -0.349 e. The molecule has 24 heavy (non-hydrogen) atoms. The number of fused-ring (bicyclic) bond motifs is 1. The van der Waals surface area contributed by atoms with E-state index in [2.05, 4.69) is 10.4 Å². The van der Waals surface area contributed by atoms with Crippen molar-refractivity contribution < 1.29 is 4.79 Å². The maximum Gasteiger partial charge on any atom is 0.274 e. The minimum atomic E-state index is -0.270. The van der Waals surface area contributed by atoms with Crippen LogP contribution in [-0.2, 0) is 18.3 Å². The molecule has 0 atom stereocenters. The summed E-state index contributed by atoms with van der Waals surface area (Å²) in [6, 6.07) is 7.26. The van der Waals surface area contributed by atoms with Gasteiger partial charge in [0.1, 0.15) is 0 Å². The Morgan fingerprint density at radius 2 is 1.92 bits per heavy atom. The van der Waals surface area contributed by atoms with Crippen LogP contribution >= 0.6 is 12.4 Å². The van der Waals surface area contributed by atoms with Gasteiger partial charge >= 0.3 is 0 Å². The van der Waals surface area contributed by atoms with Crippen molar-refractivity contribution >= 4 is 29.1 Å². The van der Waals surface area contributed by atoms with Gasteiger partial charge in [0.05, 0.1) is 23.0 Å². The van der Waals surface area contributed by atoms with Crippen LogP contribution in [0.3, 0.4) is 0 Å². The van der Waals surface area contributed by atoms with Crippen LogP contribution in [0.25, 0.3) is 10.8 Å². The molecule has 1 heterocycles. The van der Waals surface area contributed by atoms with Gasteiger partial charge in [-0.3, -0.25) is 9.59 Å². The third-order valence-electron chi connectivity index (χ3n) is 4.72. The first-order valence-electron chi connectivity index (χ1n) is 8.01. The molecule has 130 valence electrons. The number of amides is 1. The Morgan fingerprint density at radius 3 is 2.54 bits per heavy atom. The highest BCUT2D eigenvalue weighted by Crippen LogP contribution is 2.28. The molecule has 0 bridgehead atoms. The lowest BCUT2D eigenvalue weighted by Crippen LogP contribution is -2.52. The molecule has 1 amide bonds. The molecule has 1 aromatic heterocycles. The van der Waals surface area contributed by atoms with Gasteiger partial charge in [0.15, 0.2) is 0 Å². The topological polar surface area (TPSA) is 90.0 Å². The molecule has 2 aromatic rings. The first-order chi connectivity index (χ1) is 11.0. The highest BCUT2D eigenvalue weighted by molar-refractivity contribution is 5.88. The number of aryl methyl sites for hydroxylation is 1. The number of hydrogen-bond donors (Lipinski definition) is 2. The molecule has 1 aromatic carbocycles. The molecule has 1 aliphatic carbocycles. The van der Waals surface area contributed by atoms with E-state index in [0.717, 1.165) is 31.1 Å². The van der Waals surface area contributed by atoms with E-state index in [1.54, 1.807) is 13.1 Å². The van der Waals surface area contributed by atoms with Crippen molar-refractivity contribution in [3.8, 4) is 0 Å². The van der Waals surface area contributed by atoms with E-state index in [1.807, 2.05) is 18.2 Å². The fraction of sp³-hybridized carbons (Fsp3) is 0.471. The van der Waals surface area contributed by atoms with E-state index in [4.69, 9.17) is 5.73 Å². The van der Waals surface area contributed by atoms with Gasteiger partial charge in [0.2, 0.25) is 5.91 Å². The zero-order chi connectivity index (χ0) is 16.4. The van der Waals surface area contributed by atoms with Gasteiger partial charge in [-0.25, -0.2) is 4.68 Å². The highest BCUT2D eigenvalue weighted by atomic mass is 35.5. The zero-order valence-corrected chi connectivity index (χ0v) is 14.6. The van der Waals surface area contributed by atoms with E-state index in [-0.39, 0.29) is 35.8 Å². The van der Waals surface area contributed by atoms with Crippen molar-refractivity contribution in [3.63, 3.8) is 0 Å². The normalized spacial score (nSPS) is 15.9. The van der Waals surface area contributed by atoms with E-state index >= 15 is 0 Å². The fourth-order valence-corrected chi connectivity index (χ4v) is 3.43. The molecule has 7 heteroatoms. The van der Waals surface area contributed by atoms with Gasteiger partial charge in [-0.15, -0.1) is 12.4 Å². The summed E-state index contributed by atoms with van der Waals surface area (Å²) in [7, 11) is 1.61. The van der Waals surface area contributed by atoms with Gasteiger partial charge in [-0.2, -0.15) is 5.10 Å². The van der Waals surface area contributed by atoms with Crippen molar-refractivity contribution in [2.75, 3.05) is 6.54 Å². The quantitative estimate of drug-likeness (QED) is 0.869. The lowest BCUT2D eigenvalue weighted by molar-refractivity contribution is -0.122. The van der Waals surface area contributed by atoms with Crippen LogP contribution < -0.4 is 16.6 Å². The Hall–Kier alpha value is -1.92. The van der Waals surface area contributed by atoms with Gasteiger partial charge in [-0.05, 0) is 18.9 Å². The van der Waals surface area contributed by atoms with Crippen LogP contribution in [-0.4, -0.2) is 27.8 Å². The SMILES string of the molecule is Cl.Cn1nc(CC(=O)NC2(CN)CCCC2)c2ccccc2c1=O. The molecule has 0 saturated heterocycles. The van der Waals surface area contributed by atoms with Crippen LogP contribution in [0.4, 0.5) is 0 Å². The summed E-state index contributed by atoms with van der Waals surface area (Å²) in [4.78, 5) is 24.6. The van der Waals surface area contributed by atoms with Crippen LogP contribution in [0.5, 0.6) is 0 Å². The predicted molar refractivity (Wildman–Crippen MR) is 96.3 cm³/mol. The lowest BCUT2D eigenvalue weighted by Gasteiger charge is -2.28. The molecule has 6 nitrogen and oxygen atoms in total. The molecule has 0 unspecified atom stereocenters. The van der Waals surface area contributed by atoms with Crippen LogP contribution in [0, 0.1) is 0 Å². The zero-order valence-electron chi connectivity index (χ0n) is 13.7. The summed E-state index contributed by atoms with van der Waals surface area (Å²) >= 11 is 0. The van der Waals surface area contributed by atoms with Crippen LogP contribution in [0.1, 0.15) is 31.4 Å². The van der Waals surface area contributed by atoms with Crippen LogP contribution in [0.2, 0.25) is 0 Å². The summed E-state index contributed by atoms with van der Waals surface area (Å²) in [5.74, 6) is -0.0892. The number of rotatable bonds is 4. The van der Waals surface area contributed by atoms with E-state index in [0.29, 0.717) is 17.6 Å². The van der Waals surface area contributed by atoms with Gasteiger partial charge in [-0.1, -0.05) is 31.0 Å². The van der Waals surface area contributed by atoms with E-state index in [1.165, 1.54) is 4.68 Å². The van der Waals surface area contributed by atoms with Gasteiger partial charge in [0.25, 0.3) is 5.56 Å². The number of nitrogens with one attached hydrogen (secondary N) is 1. The molecule has 0 aliphatic heterocycles. The number of nitrogens with zero attached hydrogens (tertiary/aromatic N) is 2. The summed E-state index contributed by atoms with van der Waals surface area (Å²) in [5, 5.41) is 8.69. The second kappa shape index (κ2) is 7.32. The summed E-state index contributed by atoms with van der Waals surface area (Å²) in [5.41, 5.74) is 6.06. The Labute approximate surface area is 146 Å². The maximum absolute atomic E-state index is 12.5.